The van der Waals surface area contributed by atoms with E-state index >= 15 is 0 Å². The summed E-state index contributed by atoms with van der Waals surface area (Å²) >= 11 is 0. The molecule has 2 aliphatic heterocycles. The summed E-state index contributed by atoms with van der Waals surface area (Å²) in [4.78, 5) is 33.2. The Morgan fingerprint density at radius 3 is 2.53 bits per heavy atom. The minimum Gasteiger partial charge on any atom is -0.444 e. The molecule has 0 aliphatic carbocycles. The van der Waals surface area contributed by atoms with Gasteiger partial charge in [0.2, 0.25) is 0 Å². The van der Waals surface area contributed by atoms with Crippen molar-refractivity contribution in [1.29, 1.82) is 0 Å². The smallest absolute Gasteiger partial charge is 0.416 e. The standard InChI is InChI=1S/C26H31F3N4O3/c1-25(2,3)36-24(35)33-9-8-18(14-33)11-31-23(34)19-10-20-15-32(16-22(20)30-12-19)13-17-4-6-21(7-5-17)26(27,28)29/h4-7,10,12,18H,8-9,11,13-16H2,1-3H3,(H,31,34). The summed E-state index contributed by atoms with van der Waals surface area (Å²) in [6.45, 7) is 8.72. The first kappa shape index (κ1) is 25.9. The zero-order valence-electron chi connectivity index (χ0n) is 20.7. The van der Waals surface area contributed by atoms with Gasteiger partial charge in [-0.2, -0.15) is 13.2 Å². The Labute approximate surface area is 208 Å². The van der Waals surface area contributed by atoms with E-state index in [4.69, 9.17) is 4.74 Å². The third-order valence-corrected chi connectivity index (χ3v) is 6.27. The molecule has 4 rings (SSSR count). The molecule has 1 aromatic heterocycles. The van der Waals surface area contributed by atoms with Crippen molar-refractivity contribution in [3.63, 3.8) is 0 Å². The number of carbonyl (C=O) groups is 2. The van der Waals surface area contributed by atoms with Crippen LogP contribution in [0.1, 0.15) is 59.9 Å². The van der Waals surface area contributed by atoms with E-state index in [9.17, 15) is 22.8 Å². The number of alkyl halides is 3. The molecule has 36 heavy (non-hydrogen) atoms. The number of hydrogen-bond donors (Lipinski definition) is 1. The summed E-state index contributed by atoms with van der Waals surface area (Å²) in [5.74, 6) is -0.0645. The fourth-order valence-corrected chi connectivity index (χ4v) is 4.45. The average molecular weight is 505 g/mol. The highest BCUT2D eigenvalue weighted by Gasteiger charge is 2.31. The van der Waals surface area contributed by atoms with Gasteiger partial charge in [0, 0.05) is 45.5 Å². The largest absolute Gasteiger partial charge is 0.444 e. The fraction of sp³-hybridized carbons (Fsp3) is 0.500. The van der Waals surface area contributed by atoms with E-state index in [1.807, 2.05) is 26.8 Å². The van der Waals surface area contributed by atoms with Crippen LogP contribution in [-0.4, -0.2) is 52.0 Å². The highest BCUT2D eigenvalue weighted by Crippen LogP contribution is 2.30. The van der Waals surface area contributed by atoms with Gasteiger partial charge in [-0.15, -0.1) is 0 Å². The molecule has 0 radical (unpaired) electrons. The number of amides is 2. The molecule has 10 heteroatoms. The molecule has 2 aromatic rings. The van der Waals surface area contributed by atoms with E-state index in [0.29, 0.717) is 44.8 Å². The van der Waals surface area contributed by atoms with Crippen LogP contribution in [0.15, 0.2) is 36.5 Å². The predicted octanol–water partition coefficient (Wildman–Crippen LogP) is 4.60. The molecule has 1 saturated heterocycles. The number of likely N-dealkylation sites (tertiary alicyclic amines) is 1. The summed E-state index contributed by atoms with van der Waals surface area (Å²) in [6, 6.07) is 6.99. The van der Waals surface area contributed by atoms with Crippen molar-refractivity contribution in [3.8, 4) is 0 Å². The van der Waals surface area contributed by atoms with Gasteiger partial charge in [0.15, 0.2) is 0 Å². The number of ether oxygens (including phenoxy) is 1. The van der Waals surface area contributed by atoms with Gasteiger partial charge < -0.3 is 15.0 Å². The molecule has 1 N–H and O–H groups in total. The lowest BCUT2D eigenvalue weighted by atomic mass is 10.1. The number of halogens is 3. The first-order valence-electron chi connectivity index (χ1n) is 12.0. The molecular weight excluding hydrogens is 473 g/mol. The van der Waals surface area contributed by atoms with Crippen LogP contribution >= 0.6 is 0 Å². The predicted molar refractivity (Wildman–Crippen MR) is 127 cm³/mol. The van der Waals surface area contributed by atoms with Crippen LogP contribution in [0.4, 0.5) is 18.0 Å². The Balaban J connectivity index is 1.27. The van der Waals surface area contributed by atoms with Gasteiger partial charge in [0.25, 0.3) is 5.91 Å². The summed E-state index contributed by atoms with van der Waals surface area (Å²) in [6.07, 6.45) is -2.34. The van der Waals surface area contributed by atoms with Crippen molar-refractivity contribution < 1.29 is 27.5 Å². The average Bonchev–Trinajstić information content (AvgIpc) is 3.42. The van der Waals surface area contributed by atoms with Crippen molar-refractivity contribution >= 4 is 12.0 Å². The molecule has 1 atom stereocenters. The van der Waals surface area contributed by atoms with Gasteiger partial charge in [-0.25, -0.2) is 4.79 Å². The molecule has 2 aliphatic rings. The molecule has 0 bridgehead atoms. The Morgan fingerprint density at radius 1 is 1.14 bits per heavy atom. The minimum atomic E-state index is -4.35. The molecule has 194 valence electrons. The van der Waals surface area contributed by atoms with Gasteiger partial charge in [0.05, 0.1) is 16.8 Å². The van der Waals surface area contributed by atoms with Crippen LogP contribution in [0.5, 0.6) is 0 Å². The third kappa shape index (κ3) is 6.54. The number of hydrogen-bond acceptors (Lipinski definition) is 5. The van der Waals surface area contributed by atoms with Gasteiger partial charge in [0.1, 0.15) is 5.60 Å². The number of benzene rings is 1. The highest BCUT2D eigenvalue weighted by molar-refractivity contribution is 5.94. The maximum absolute atomic E-state index is 12.8. The summed E-state index contributed by atoms with van der Waals surface area (Å²) in [7, 11) is 0. The molecular formula is C26H31F3N4O3. The number of nitrogens with one attached hydrogen (secondary N) is 1. The van der Waals surface area contributed by atoms with Gasteiger partial charge >= 0.3 is 12.3 Å². The number of fused-ring (bicyclic) bond motifs is 1. The number of pyridine rings is 1. The second-order valence-corrected chi connectivity index (χ2v) is 10.5. The van der Waals surface area contributed by atoms with E-state index in [0.717, 1.165) is 35.4 Å². The summed E-state index contributed by atoms with van der Waals surface area (Å²) < 4.78 is 43.8. The van der Waals surface area contributed by atoms with Crippen LogP contribution in [0.3, 0.4) is 0 Å². The zero-order valence-corrected chi connectivity index (χ0v) is 20.7. The van der Waals surface area contributed by atoms with E-state index < -0.39 is 17.3 Å². The normalized spacial score (nSPS) is 18.3. The Morgan fingerprint density at radius 2 is 1.86 bits per heavy atom. The summed E-state index contributed by atoms with van der Waals surface area (Å²) in [5, 5.41) is 2.95. The summed E-state index contributed by atoms with van der Waals surface area (Å²) in [5.41, 5.74) is 1.84. The lowest BCUT2D eigenvalue weighted by Crippen LogP contribution is -2.36. The van der Waals surface area contributed by atoms with E-state index in [2.05, 4.69) is 15.2 Å². The maximum atomic E-state index is 12.8. The third-order valence-electron chi connectivity index (χ3n) is 6.27. The molecule has 1 aromatic carbocycles. The van der Waals surface area contributed by atoms with Crippen LogP contribution in [0, 0.1) is 5.92 Å². The quantitative estimate of drug-likeness (QED) is 0.644. The topological polar surface area (TPSA) is 74.8 Å². The van der Waals surface area contributed by atoms with Crippen LogP contribution in [0.25, 0.3) is 0 Å². The molecule has 0 saturated carbocycles. The highest BCUT2D eigenvalue weighted by atomic mass is 19.4. The molecule has 1 fully saturated rings. The van der Waals surface area contributed by atoms with Crippen LogP contribution in [0.2, 0.25) is 0 Å². The zero-order chi connectivity index (χ0) is 26.1. The first-order valence-corrected chi connectivity index (χ1v) is 12.0. The fourth-order valence-electron chi connectivity index (χ4n) is 4.45. The molecule has 0 spiro atoms. The number of nitrogens with zero attached hydrogens (tertiary/aromatic N) is 3. The maximum Gasteiger partial charge on any atom is 0.416 e. The number of rotatable bonds is 5. The molecule has 7 nitrogen and oxygen atoms in total. The second-order valence-electron chi connectivity index (χ2n) is 10.5. The molecule has 2 amide bonds. The van der Waals surface area contributed by atoms with Crippen molar-refractivity contribution in [2.75, 3.05) is 19.6 Å². The van der Waals surface area contributed by atoms with Crippen molar-refractivity contribution in [2.45, 2.75) is 58.6 Å². The minimum absolute atomic E-state index is 0.156. The van der Waals surface area contributed by atoms with Gasteiger partial charge in [-0.1, -0.05) is 12.1 Å². The Hall–Kier alpha value is -3.14. The number of carbonyl (C=O) groups excluding carboxylic acids is 2. The molecule has 1 unspecified atom stereocenters. The second kappa shape index (κ2) is 10.1. The lowest BCUT2D eigenvalue weighted by molar-refractivity contribution is -0.137. The Kier molecular flexibility index (Phi) is 7.26. The molecule has 3 heterocycles. The van der Waals surface area contributed by atoms with Crippen LogP contribution in [-0.2, 0) is 30.5 Å². The van der Waals surface area contributed by atoms with Crippen LogP contribution < -0.4 is 5.32 Å². The van der Waals surface area contributed by atoms with Crippen molar-refractivity contribution in [2.24, 2.45) is 5.92 Å². The number of aromatic nitrogens is 1. The van der Waals surface area contributed by atoms with Crippen molar-refractivity contribution in [3.05, 3.63) is 64.5 Å². The van der Waals surface area contributed by atoms with E-state index in [1.54, 1.807) is 11.1 Å². The van der Waals surface area contributed by atoms with Gasteiger partial charge in [-0.05, 0) is 62.4 Å². The van der Waals surface area contributed by atoms with E-state index in [1.165, 1.54) is 12.1 Å². The first-order chi connectivity index (χ1) is 16.9. The lowest BCUT2D eigenvalue weighted by Gasteiger charge is -2.24. The van der Waals surface area contributed by atoms with Crippen molar-refractivity contribution in [1.82, 2.24) is 20.1 Å². The SMILES string of the molecule is CC(C)(C)OC(=O)N1CCC(CNC(=O)c2cnc3c(c2)CN(Cc2ccc(C(F)(F)F)cc2)C3)C1. The van der Waals surface area contributed by atoms with E-state index in [-0.39, 0.29) is 17.9 Å². The monoisotopic (exact) mass is 504 g/mol. The Bertz CT molecular complexity index is 1110. The van der Waals surface area contributed by atoms with Gasteiger partial charge in [-0.3, -0.25) is 14.7 Å².